The van der Waals surface area contributed by atoms with Crippen LogP contribution in [0.2, 0.25) is 0 Å². The topological polar surface area (TPSA) is 57.3 Å². The number of aryl methyl sites for hydroxylation is 1. The quantitative estimate of drug-likeness (QED) is 0.468. The van der Waals surface area contributed by atoms with E-state index in [-0.39, 0.29) is 18.1 Å². The molecule has 134 valence electrons. The van der Waals surface area contributed by atoms with Gasteiger partial charge in [0.05, 0.1) is 11.8 Å². The average molecular weight is 358 g/mol. The largest absolute Gasteiger partial charge is 0.483 e. The monoisotopic (exact) mass is 358 g/mol. The second-order valence-corrected chi connectivity index (χ2v) is 5.45. The highest BCUT2D eigenvalue weighted by molar-refractivity contribution is 6.06. The summed E-state index contributed by atoms with van der Waals surface area (Å²) in [6.07, 6.45) is 6.11. The van der Waals surface area contributed by atoms with Crippen LogP contribution in [-0.2, 0) is 13.2 Å². The Morgan fingerprint density at radius 2 is 2.15 bits per heavy atom. The van der Waals surface area contributed by atoms with Crippen LogP contribution >= 0.6 is 0 Å². The fourth-order valence-electron chi connectivity index (χ4n) is 2.22. The minimum Gasteiger partial charge on any atom is -0.483 e. The number of rotatable bonds is 7. The summed E-state index contributed by atoms with van der Waals surface area (Å²) in [6, 6.07) is 6.39. The predicted octanol–water partition coefficient (Wildman–Crippen LogP) is 4.25. The lowest BCUT2D eigenvalue weighted by molar-refractivity contribution is 0.104. The van der Waals surface area contributed by atoms with Gasteiger partial charge >= 0.3 is 0 Å². The molecule has 0 amide bonds. The van der Waals surface area contributed by atoms with Crippen LogP contribution < -0.4 is 4.74 Å². The SMILES string of the molecule is CCn1cc(C(=O)/C=C/c2ccc(COc3ccc(F)cc3F)o2)cn1. The normalized spacial score (nSPS) is 11.2. The third kappa shape index (κ3) is 4.24. The summed E-state index contributed by atoms with van der Waals surface area (Å²) >= 11 is 0. The zero-order chi connectivity index (χ0) is 18.5. The molecule has 0 bridgehead atoms. The third-order valence-electron chi connectivity index (χ3n) is 3.59. The van der Waals surface area contributed by atoms with Crippen molar-refractivity contribution in [2.75, 3.05) is 0 Å². The first-order valence-corrected chi connectivity index (χ1v) is 7.96. The summed E-state index contributed by atoms with van der Waals surface area (Å²) < 4.78 is 38.8. The van der Waals surface area contributed by atoms with E-state index in [2.05, 4.69) is 5.10 Å². The number of halogens is 2. The van der Waals surface area contributed by atoms with Gasteiger partial charge in [-0.25, -0.2) is 8.78 Å². The minimum atomic E-state index is -0.783. The zero-order valence-corrected chi connectivity index (χ0v) is 14.0. The Morgan fingerprint density at radius 1 is 1.31 bits per heavy atom. The van der Waals surface area contributed by atoms with Gasteiger partial charge in [-0.1, -0.05) is 0 Å². The van der Waals surface area contributed by atoms with Gasteiger partial charge in [0.25, 0.3) is 0 Å². The minimum absolute atomic E-state index is 0.0202. The number of hydrogen-bond donors (Lipinski definition) is 0. The molecule has 1 aromatic carbocycles. The lowest BCUT2D eigenvalue weighted by Crippen LogP contribution is -1.96. The van der Waals surface area contributed by atoms with Gasteiger partial charge in [-0.15, -0.1) is 0 Å². The summed E-state index contributed by atoms with van der Waals surface area (Å²) in [5, 5.41) is 4.05. The Hall–Kier alpha value is -3.22. The first-order valence-electron chi connectivity index (χ1n) is 7.96. The molecule has 3 aromatic rings. The van der Waals surface area contributed by atoms with E-state index in [4.69, 9.17) is 9.15 Å². The van der Waals surface area contributed by atoms with E-state index in [0.717, 1.165) is 12.1 Å². The van der Waals surface area contributed by atoms with Gasteiger partial charge in [0.1, 0.15) is 23.9 Å². The number of aromatic nitrogens is 2. The number of carbonyl (C=O) groups excluding carboxylic acids is 1. The molecule has 0 saturated carbocycles. The molecule has 26 heavy (non-hydrogen) atoms. The zero-order valence-electron chi connectivity index (χ0n) is 14.0. The van der Waals surface area contributed by atoms with Gasteiger partial charge in [0.2, 0.25) is 0 Å². The highest BCUT2D eigenvalue weighted by Gasteiger charge is 2.08. The average Bonchev–Trinajstić information content (AvgIpc) is 3.28. The lowest BCUT2D eigenvalue weighted by atomic mass is 10.2. The molecule has 5 nitrogen and oxygen atoms in total. The summed E-state index contributed by atoms with van der Waals surface area (Å²) in [5.74, 6) is -0.807. The van der Waals surface area contributed by atoms with Gasteiger partial charge < -0.3 is 9.15 Å². The number of carbonyl (C=O) groups is 1. The molecule has 2 heterocycles. The molecular weight excluding hydrogens is 342 g/mol. The Bertz CT molecular complexity index is 944. The summed E-state index contributed by atoms with van der Waals surface area (Å²) in [6.45, 7) is 2.60. The van der Waals surface area contributed by atoms with Crippen LogP contribution in [0.4, 0.5) is 8.78 Å². The van der Waals surface area contributed by atoms with Crippen molar-refractivity contribution in [1.29, 1.82) is 0 Å². The van der Waals surface area contributed by atoms with E-state index in [1.807, 2.05) is 6.92 Å². The van der Waals surface area contributed by atoms with E-state index < -0.39 is 11.6 Å². The maximum absolute atomic E-state index is 13.5. The molecule has 0 aliphatic heterocycles. The smallest absolute Gasteiger partial charge is 0.189 e. The molecule has 7 heteroatoms. The first-order chi connectivity index (χ1) is 12.5. The number of ketones is 1. The molecule has 0 spiro atoms. The predicted molar refractivity (Wildman–Crippen MR) is 90.7 cm³/mol. The molecule has 3 rings (SSSR count). The number of nitrogens with zero attached hydrogens (tertiary/aromatic N) is 2. The summed E-state index contributed by atoms with van der Waals surface area (Å²) in [7, 11) is 0. The molecule has 0 N–H and O–H groups in total. The van der Waals surface area contributed by atoms with Crippen molar-refractivity contribution in [3.63, 3.8) is 0 Å². The van der Waals surface area contributed by atoms with Crippen LogP contribution in [0.25, 0.3) is 6.08 Å². The number of furan rings is 1. The number of hydrogen-bond acceptors (Lipinski definition) is 4. The second kappa shape index (κ2) is 7.77. The van der Waals surface area contributed by atoms with Crippen molar-refractivity contribution in [3.8, 4) is 5.75 Å². The van der Waals surface area contributed by atoms with Gasteiger partial charge in [-0.3, -0.25) is 9.48 Å². The highest BCUT2D eigenvalue weighted by atomic mass is 19.1. The Kier molecular flexibility index (Phi) is 5.26. The molecule has 0 saturated heterocycles. The van der Waals surface area contributed by atoms with Gasteiger partial charge in [0, 0.05) is 18.8 Å². The summed E-state index contributed by atoms with van der Waals surface area (Å²) in [4.78, 5) is 12.1. The number of benzene rings is 1. The third-order valence-corrected chi connectivity index (χ3v) is 3.59. The van der Waals surface area contributed by atoms with Crippen molar-refractivity contribution in [2.24, 2.45) is 0 Å². The van der Waals surface area contributed by atoms with Gasteiger partial charge in [0.15, 0.2) is 17.3 Å². The molecule has 0 radical (unpaired) electrons. The van der Waals surface area contributed by atoms with E-state index in [1.54, 1.807) is 23.0 Å². The van der Waals surface area contributed by atoms with Crippen LogP contribution in [0.5, 0.6) is 5.75 Å². The Labute approximate surface area is 148 Å². The fraction of sp³-hybridized carbons (Fsp3) is 0.158. The van der Waals surface area contributed by atoms with Crippen molar-refractivity contribution >= 4 is 11.9 Å². The maximum Gasteiger partial charge on any atom is 0.189 e. The van der Waals surface area contributed by atoms with Crippen molar-refractivity contribution in [3.05, 3.63) is 77.5 Å². The lowest BCUT2D eigenvalue weighted by Gasteiger charge is -2.05. The van der Waals surface area contributed by atoms with E-state index in [1.165, 1.54) is 24.4 Å². The molecular formula is C19H16F2N2O3. The van der Waals surface area contributed by atoms with Gasteiger partial charge in [-0.05, 0) is 43.3 Å². The fourth-order valence-corrected chi connectivity index (χ4v) is 2.22. The Morgan fingerprint density at radius 3 is 2.88 bits per heavy atom. The van der Waals surface area contributed by atoms with Crippen LogP contribution in [-0.4, -0.2) is 15.6 Å². The Balaban J connectivity index is 1.59. The van der Waals surface area contributed by atoms with Gasteiger partial charge in [-0.2, -0.15) is 5.10 Å². The number of allylic oxidation sites excluding steroid dienone is 1. The van der Waals surface area contributed by atoms with E-state index in [0.29, 0.717) is 23.6 Å². The molecule has 0 fully saturated rings. The maximum atomic E-state index is 13.5. The first kappa shape index (κ1) is 17.6. The van der Waals surface area contributed by atoms with Crippen molar-refractivity contribution in [2.45, 2.75) is 20.1 Å². The van der Waals surface area contributed by atoms with E-state index in [9.17, 15) is 13.6 Å². The van der Waals surface area contributed by atoms with Crippen LogP contribution in [0, 0.1) is 11.6 Å². The molecule has 0 atom stereocenters. The second-order valence-electron chi connectivity index (χ2n) is 5.45. The molecule has 2 aromatic heterocycles. The molecule has 0 aliphatic carbocycles. The summed E-state index contributed by atoms with van der Waals surface area (Å²) in [5.41, 5.74) is 0.491. The standard InChI is InChI=1S/C19H16F2N2O3/c1-2-23-11-13(10-22-23)18(24)7-6-15-4-5-16(26-15)12-25-19-8-3-14(20)9-17(19)21/h3-11H,2,12H2,1H3/b7-6+. The molecule has 0 unspecified atom stereocenters. The van der Waals surface area contributed by atoms with Crippen molar-refractivity contribution in [1.82, 2.24) is 9.78 Å². The van der Waals surface area contributed by atoms with Crippen LogP contribution in [0.15, 0.2) is 53.2 Å². The van der Waals surface area contributed by atoms with E-state index >= 15 is 0 Å². The molecule has 0 aliphatic rings. The number of ether oxygens (including phenoxy) is 1. The van der Waals surface area contributed by atoms with Crippen LogP contribution in [0.3, 0.4) is 0 Å². The van der Waals surface area contributed by atoms with Crippen molar-refractivity contribution < 1.29 is 22.7 Å². The highest BCUT2D eigenvalue weighted by Crippen LogP contribution is 2.20. The van der Waals surface area contributed by atoms with Crippen LogP contribution in [0.1, 0.15) is 28.8 Å².